The molecule has 0 unspecified atom stereocenters. The van der Waals surface area contributed by atoms with Gasteiger partial charge >= 0.3 is 0 Å². The number of fused-ring (bicyclic) bond motifs is 4. The monoisotopic (exact) mass is 429 g/mol. The van der Waals surface area contributed by atoms with Crippen LogP contribution in [0.2, 0.25) is 0 Å². The molecule has 158 valence electrons. The van der Waals surface area contributed by atoms with Gasteiger partial charge in [0.15, 0.2) is 5.82 Å². The van der Waals surface area contributed by atoms with Crippen LogP contribution in [0, 0.1) is 13.8 Å². The number of aromatic nitrogens is 3. The third-order valence-electron chi connectivity index (χ3n) is 6.38. The Kier molecular flexibility index (Phi) is 4.38. The van der Waals surface area contributed by atoms with Crippen molar-refractivity contribution in [2.75, 3.05) is 0 Å². The lowest BCUT2D eigenvalue weighted by Crippen LogP contribution is -2.12. The molecule has 0 radical (unpaired) electrons. The lowest BCUT2D eigenvalue weighted by Gasteiger charge is -2.19. The summed E-state index contributed by atoms with van der Waals surface area (Å²) in [6.07, 6.45) is 0. The number of nitrogens with one attached hydrogen (secondary N) is 1. The summed E-state index contributed by atoms with van der Waals surface area (Å²) < 4.78 is 2.37. The molecule has 2 aromatic carbocycles. The molecule has 0 aliphatic carbocycles. The average molecular weight is 430 g/mol. The zero-order chi connectivity index (χ0) is 22.1. The van der Waals surface area contributed by atoms with Crippen LogP contribution in [-0.4, -0.2) is 14.5 Å². The zero-order valence-corrected chi connectivity index (χ0v) is 19.7. The number of nitrogens with zero attached hydrogens (tertiary/aromatic N) is 2. The van der Waals surface area contributed by atoms with Gasteiger partial charge in [0, 0.05) is 22.8 Å². The van der Waals surface area contributed by atoms with Crippen molar-refractivity contribution >= 4 is 44.0 Å². The van der Waals surface area contributed by atoms with E-state index in [0.29, 0.717) is 11.2 Å². The topological polar surface area (TPSA) is 50.7 Å². The first-order valence-corrected chi connectivity index (χ1v) is 11.6. The minimum Gasteiger partial charge on any atom is -0.340 e. The second kappa shape index (κ2) is 6.79. The molecule has 0 saturated carbocycles. The molecule has 3 aromatic heterocycles. The first-order chi connectivity index (χ1) is 14.7. The van der Waals surface area contributed by atoms with Gasteiger partial charge in [0.25, 0.3) is 5.56 Å². The smallest absolute Gasteiger partial charge is 0.259 e. The van der Waals surface area contributed by atoms with E-state index < -0.39 is 0 Å². The number of rotatable bonds is 2. The van der Waals surface area contributed by atoms with E-state index in [-0.39, 0.29) is 11.0 Å². The number of thiophene rings is 1. The lowest BCUT2D eigenvalue weighted by atomic mass is 9.86. The minimum atomic E-state index is -0.0692. The summed E-state index contributed by atoms with van der Waals surface area (Å²) in [7, 11) is 0. The van der Waals surface area contributed by atoms with Gasteiger partial charge in [0.1, 0.15) is 0 Å². The van der Waals surface area contributed by atoms with E-state index in [4.69, 9.17) is 4.98 Å². The third-order valence-corrected chi connectivity index (χ3v) is 7.26. The molecule has 0 saturated heterocycles. The van der Waals surface area contributed by atoms with Crippen molar-refractivity contribution < 1.29 is 0 Å². The standard InChI is InChI=1S/C26H27N3OS/c1-7-29-18-11-10-16(26(4,5)6)13-17(18)20-14(2)21-22(15(3)23(20)29)27-24(28-25(21)30)19-9-8-12-31-19/h8-13H,7H2,1-6H3,(H,27,28,30). The van der Waals surface area contributed by atoms with Crippen molar-refractivity contribution in [2.45, 2.75) is 53.5 Å². The number of hydrogen-bond donors (Lipinski definition) is 1. The molecule has 31 heavy (non-hydrogen) atoms. The predicted molar refractivity (Wildman–Crippen MR) is 133 cm³/mol. The molecule has 5 rings (SSSR count). The highest BCUT2D eigenvalue weighted by Gasteiger charge is 2.22. The van der Waals surface area contributed by atoms with Gasteiger partial charge < -0.3 is 9.55 Å². The first-order valence-electron chi connectivity index (χ1n) is 10.8. The molecule has 3 heterocycles. The third kappa shape index (κ3) is 2.87. The Labute approximate surface area is 185 Å². The number of benzene rings is 2. The Bertz CT molecular complexity index is 1530. The van der Waals surface area contributed by atoms with Gasteiger partial charge in [-0.05, 0) is 66.5 Å². The molecule has 0 bridgehead atoms. The zero-order valence-electron chi connectivity index (χ0n) is 18.9. The van der Waals surface area contributed by atoms with Crippen LogP contribution in [0.25, 0.3) is 43.4 Å². The fourth-order valence-electron chi connectivity index (χ4n) is 4.78. The van der Waals surface area contributed by atoms with Crippen LogP contribution >= 0.6 is 11.3 Å². The van der Waals surface area contributed by atoms with Crippen LogP contribution in [0.3, 0.4) is 0 Å². The van der Waals surface area contributed by atoms with Crippen LogP contribution in [0.4, 0.5) is 0 Å². The van der Waals surface area contributed by atoms with Crippen molar-refractivity contribution in [3.8, 4) is 10.7 Å². The van der Waals surface area contributed by atoms with Gasteiger partial charge in [0.2, 0.25) is 0 Å². The van der Waals surface area contributed by atoms with Crippen molar-refractivity contribution in [2.24, 2.45) is 0 Å². The SMILES string of the molecule is CCn1c2ccc(C(C)(C)C)cc2c2c(C)c3c(=O)[nH]c(-c4cccs4)nc3c(C)c21. The van der Waals surface area contributed by atoms with Crippen LogP contribution in [-0.2, 0) is 12.0 Å². The maximum absolute atomic E-state index is 13.3. The van der Waals surface area contributed by atoms with Crippen LogP contribution in [0.5, 0.6) is 0 Å². The Balaban J connectivity index is 1.99. The normalized spacial score (nSPS) is 12.5. The molecule has 0 amide bonds. The van der Waals surface area contributed by atoms with E-state index in [1.165, 1.54) is 27.4 Å². The number of hydrogen-bond acceptors (Lipinski definition) is 3. The van der Waals surface area contributed by atoms with E-state index in [0.717, 1.165) is 28.1 Å². The van der Waals surface area contributed by atoms with E-state index in [1.54, 1.807) is 11.3 Å². The van der Waals surface area contributed by atoms with Crippen LogP contribution in [0.15, 0.2) is 40.5 Å². The minimum absolute atomic E-state index is 0.0588. The maximum atomic E-state index is 13.3. The Hall–Kier alpha value is -2.92. The van der Waals surface area contributed by atoms with E-state index in [9.17, 15) is 4.79 Å². The molecule has 0 atom stereocenters. The van der Waals surface area contributed by atoms with Crippen molar-refractivity contribution in [3.63, 3.8) is 0 Å². The quantitative estimate of drug-likeness (QED) is 0.340. The summed E-state index contributed by atoms with van der Waals surface area (Å²) in [5.74, 6) is 0.642. The van der Waals surface area contributed by atoms with Gasteiger partial charge in [-0.1, -0.05) is 32.9 Å². The average Bonchev–Trinajstić information content (AvgIpc) is 3.36. The van der Waals surface area contributed by atoms with Gasteiger partial charge in [-0.15, -0.1) is 11.3 Å². The van der Waals surface area contributed by atoms with Gasteiger partial charge in [0.05, 0.1) is 21.3 Å². The molecule has 0 spiro atoms. The highest BCUT2D eigenvalue weighted by Crippen LogP contribution is 2.39. The Morgan fingerprint density at radius 2 is 1.87 bits per heavy atom. The molecule has 0 fully saturated rings. The van der Waals surface area contributed by atoms with Crippen LogP contribution in [0.1, 0.15) is 44.4 Å². The number of aryl methyl sites for hydroxylation is 3. The molecule has 4 nitrogen and oxygen atoms in total. The Morgan fingerprint density at radius 1 is 1.10 bits per heavy atom. The summed E-state index contributed by atoms with van der Waals surface area (Å²) in [5, 5.41) is 5.09. The van der Waals surface area contributed by atoms with Gasteiger partial charge in [-0.3, -0.25) is 4.79 Å². The molecule has 0 aliphatic rings. The van der Waals surface area contributed by atoms with Crippen LogP contribution < -0.4 is 5.56 Å². The number of aromatic amines is 1. The van der Waals surface area contributed by atoms with E-state index >= 15 is 0 Å². The summed E-state index contributed by atoms with van der Waals surface area (Å²) in [6, 6.07) is 10.7. The van der Waals surface area contributed by atoms with E-state index in [2.05, 4.69) is 69.3 Å². The largest absolute Gasteiger partial charge is 0.340 e. The molecule has 5 aromatic rings. The fourth-order valence-corrected chi connectivity index (χ4v) is 5.45. The molecule has 1 N–H and O–H groups in total. The summed E-state index contributed by atoms with van der Waals surface area (Å²) in [5.41, 5.74) is 6.55. The Morgan fingerprint density at radius 3 is 2.52 bits per heavy atom. The highest BCUT2D eigenvalue weighted by molar-refractivity contribution is 7.13. The number of H-pyrrole nitrogens is 1. The molecular formula is C26H27N3OS. The van der Waals surface area contributed by atoms with Gasteiger partial charge in [-0.25, -0.2) is 4.98 Å². The first kappa shape index (κ1) is 20.0. The second-order valence-corrected chi connectivity index (χ2v) is 10.3. The summed E-state index contributed by atoms with van der Waals surface area (Å²) in [6.45, 7) is 13.9. The van der Waals surface area contributed by atoms with Crippen molar-refractivity contribution in [3.05, 3.63) is 62.8 Å². The van der Waals surface area contributed by atoms with Crippen molar-refractivity contribution in [1.29, 1.82) is 0 Å². The maximum Gasteiger partial charge on any atom is 0.259 e. The molecule has 0 aliphatic heterocycles. The predicted octanol–water partition coefficient (Wildman–Crippen LogP) is 6.69. The molecular weight excluding hydrogens is 402 g/mol. The lowest BCUT2D eigenvalue weighted by molar-refractivity contribution is 0.591. The summed E-state index contributed by atoms with van der Waals surface area (Å²) in [4.78, 5) is 22.2. The summed E-state index contributed by atoms with van der Waals surface area (Å²) >= 11 is 1.58. The fraction of sp³-hybridized carbons (Fsp3) is 0.308. The highest BCUT2D eigenvalue weighted by atomic mass is 32.1. The van der Waals surface area contributed by atoms with E-state index in [1.807, 2.05) is 17.5 Å². The molecule has 5 heteroatoms. The second-order valence-electron chi connectivity index (χ2n) is 9.32. The van der Waals surface area contributed by atoms with Crippen molar-refractivity contribution in [1.82, 2.24) is 14.5 Å². The van der Waals surface area contributed by atoms with Gasteiger partial charge in [-0.2, -0.15) is 0 Å².